The van der Waals surface area contributed by atoms with Crippen molar-refractivity contribution in [3.05, 3.63) is 42.2 Å². The van der Waals surface area contributed by atoms with Gasteiger partial charge in [-0.3, -0.25) is 9.59 Å². The molecular formula is C16H19N3O3. The number of carbonyl (C=O) groups is 2. The van der Waals surface area contributed by atoms with Gasteiger partial charge in [0.2, 0.25) is 0 Å². The third kappa shape index (κ3) is 3.94. The fourth-order valence-electron chi connectivity index (χ4n) is 2.10. The SMILES string of the molecule is COc1ccc(-n2ccc(C(=O)NC(C)CC(C)=O)n2)cc1. The van der Waals surface area contributed by atoms with E-state index in [2.05, 4.69) is 10.4 Å². The minimum atomic E-state index is -0.291. The van der Waals surface area contributed by atoms with Crippen molar-refractivity contribution in [3.8, 4) is 11.4 Å². The van der Waals surface area contributed by atoms with Crippen LogP contribution in [0.5, 0.6) is 5.75 Å². The van der Waals surface area contributed by atoms with Crippen LogP contribution in [0, 0.1) is 0 Å². The molecule has 0 bridgehead atoms. The van der Waals surface area contributed by atoms with Gasteiger partial charge in [0.25, 0.3) is 5.91 Å². The summed E-state index contributed by atoms with van der Waals surface area (Å²) in [5.41, 5.74) is 1.14. The van der Waals surface area contributed by atoms with E-state index in [1.165, 1.54) is 6.92 Å². The molecule has 1 atom stereocenters. The van der Waals surface area contributed by atoms with Crippen molar-refractivity contribution in [1.82, 2.24) is 15.1 Å². The molecule has 2 aromatic rings. The first-order valence-corrected chi connectivity index (χ1v) is 7.00. The van der Waals surface area contributed by atoms with Crippen molar-refractivity contribution in [1.29, 1.82) is 0 Å². The Labute approximate surface area is 129 Å². The minimum absolute atomic E-state index is 0.0385. The van der Waals surface area contributed by atoms with E-state index in [0.717, 1.165) is 11.4 Å². The van der Waals surface area contributed by atoms with Crippen molar-refractivity contribution in [3.63, 3.8) is 0 Å². The number of ketones is 1. The number of rotatable bonds is 6. The lowest BCUT2D eigenvalue weighted by Crippen LogP contribution is -2.34. The highest BCUT2D eigenvalue weighted by Crippen LogP contribution is 2.14. The lowest BCUT2D eigenvalue weighted by atomic mass is 10.2. The van der Waals surface area contributed by atoms with Gasteiger partial charge in [-0.1, -0.05) is 0 Å². The molecule has 6 heteroatoms. The van der Waals surface area contributed by atoms with Gasteiger partial charge in [-0.05, 0) is 44.2 Å². The Kier molecular flexibility index (Phi) is 4.93. The van der Waals surface area contributed by atoms with Crippen LogP contribution in [0.25, 0.3) is 5.69 Å². The summed E-state index contributed by atoms with van der Waals surface area (Å²) in [6.07, 6.45) is 2.03. The first-order valence-electron chi connectivity index (χ1n) is 7.00. The van der Waals surface area contributed by atoms with E-state index in [-0.39, 0.29) is 17.7 Å². The van der Waals surface area contributed by atoms with Crippen molar-refractivity contribution in [2.75, 3.05) is 7.11 Å². The Morgan fingerprint density at radius 1 is 1.27 bits per heavy atom. The number of methoxy groups -OCH3 is 1. The maximum Gasteiger partial charge on any atom is 0.272 e. The van der Waals surface area contributed by atoms with Crippen molar-refractivity contribution in [2.45, 2.75) is 26.3 Å². The van der Waals surface area contributed by atoms with Gasteiger partial charge >= 0.3 is 0 Å². The number of benzene rings is 1. The molecule has 22 heavy (non-hydrogen) atoms. The molecule has 1 aromatic heterocycles. The van der Waals surface area contributed by atoms with E-state index < -0.39 is 0 Å². The zero-order chi connectivity index (χ0) is 16.1. The van der Waals surface area contributed by atoms with Gasteiger partial charge in [-0.25, -0.2) is 4.68 Å². The van der Waals surface area contributed by atoms with Gasteiger partial charge in [0.1, 0.15) is 11.5 Å². The number of nitrogens with one attached hydrogen (secondary N) is 1. The summed E-state index contributed by atoms with van der Waals surface area (Å²) in [5.74, 6) is 0.504. The standard InChI is InChI=1S/C16H19N3O3/c1-11(10-12(2)20)17-16(21)15-8-9-19(18-15)13-4-6-14(22-3)7-5-13/h4-9,11H,10H2,1-3H3,(H,17,21). The summed E-state index contributed by atoms with van der Waals surface area (Å²) in [6, 6.07) is 8.78. The second-order valence-electron chi connectivity index (χ2n) is 5.12. The molecule has 0 saturated carbocycles. The molecule has 0 aliphatic carbocycles. The predicted octanol–water partition coefficient (Wildman–Crippen LogP) is 1.98. The summed E-state index contributed by atoms with van der Waals surface area (Å²) in [4.78, 5) is 23.1. The molecule has 2 rings (SSSR count). The molecular weight excluding hydrogens is 282 g/mol. The summed E-state index contributed by atoms with van der Waals surface area (Å²) in [7, 11) is 1.60. The fourth-order valence-corrected chi connectivity index (χ4v) is 2.10. The molecule has 0 aliphatic rings. The van der Waals surface area contributed by atoms with E-state index in [0.29, 0.717) is 12.1 Å². The molecule has 0 fully saturated rings. The molecule has 116 valence electrons. The number of Topliss-reactive ketones (excluding diaryl/α,β-unsaturated/α-hetero) is 1. The average molecular weight is 301 g/mol. The molecule has 6 nitrogen and oxygen atoms in total. The third-order valence-electron chi connectivity index (χ3n) is 3.13. The lowest BCUT2D eigenvalue weighted by molar-refractivity contribution is -0.117. The van der Waals surface area contributed by atoms with Crippen LogP contribution < -0.4 is 10.1 Å². The van der Waals surface area contributed by atoms with Gasteiger partial charge < -0.3 is 10.1 Å². The fraction of sp³-hybridized carbons (Fsp3) is 0.312. The molecule has 0 aliphatic heterocycles. The third-order valence-corrected chi connectivity index (χ3v) is 3.13. The van der Waals surface area contributed by atoms with Crippen LogP contribution in [0.1, 0.15) is 30.8 Å². The van der Waals surface area contributed by atoms with Crippen LogP contribution in [-0.2, 0) is 4.79 Å². The van der Waals surface area contributed by atoms with E-state index in [1.807, 2.05) is 24.3 Å². The van der Waals surface area contributed by atoms with Crippen LogP contribution in [0.2, 0.25) is 0 Å². The number of hydrogen-bond donors (Lipinski definition) is 1. The van der Waals surface area contributed by atoms with Gasteiger partial charge in [-0.2, -0.15) is 5.10 Å². The van der Waals surface area contributed by atoms with Crippen molar-refractivity contribution in [2.24, 2.45) is 0 Å². The largest absolute Gasteiger partial charge is 0.497 e. The summed E-state index contributed by atoms with van der Waals surface area (Å²) in [6.45, 7) is 3.29. The Morgan fingerprint density at radius 2 is 1.95 bits per heavy atom. The summed E-state index contributed by atoms with van der Waals surface area (Å²) in [5, 5.41) is 7.00. The van der Waals surface area contributed by atoms with Crippen LogP contribution in [-0.4, -0.2) is 34.6 Å². The zero-order valence-corrected chi connectivity index (χ0v) is 12.9. The molecule has 0 radical (unpaired) electrons. The van der Waals surface area contributed by atoms with Gasteiger partial charge in [-0.15, -0.1) is 0 Å². The Morgan fingerprint density at radius 3 is 2.55 bits per heavy atom. The lowest BCUT2D eigenvalue weighted by Gasteiger charge is -2.10. The second-order valence-corrected chi connectivity index (χ2v) is 5.12. The first kappa shape index (κ1) is 15.8. The highest BCUT2D eigenvalue weighted by molar-refractivity contribution is 5.92. The molecule has 1 heterocycles. The number of aromatic nitrogens is 2. The highest BCUT2D eigenvalue weighted by atomic mass is 16.5. The van der Waals surface area contributed by atoms with E-state index in [9.17, 15) is 9.59 Å². The monoisotopic (exact) mass is 301 g/mol. The first-order chi connectivity index (χ1) is 10.5. The number of nitrogens with zero attached hydrogens (tertiary/aromatic N) is 2. The van der Waals surface area contributed by atoms with Gasteiger partial charge in [0.05, 0.1) is 12.8 Å². The Balaban J connectivity index is 2.06. The minimum Gasteiger partial charge on any atom is -0.497 e. The van der Waals surface area contributed by atoms with E-state index >= 15 is 0 Å². The molecule has 1 N–H and O–H groups in total. The zero-order valence-electron chi connectivity index (χ0n) is 12.9. The normalized spacial score (nSPS) is 11.8. The molecule has 1 amide bonds. The molecule has 0 saturated heterocycles. The van der Waals surface area contributed by atoms with Crippen LogP contribution >= 0.6 is 0 Å². The topological polar surface area (TPSA) is 73.2 Å². The van der Waals surface area contributed by atoms with Gasteiger partial charge in [0, 0.05) is 18.7 Å². The number of amides is 1. The summed E-state index contributed by atoms with van der Waals surface area (Å²) >= 11 is 0. The van der Waals surface area contributed by atoms with Crippen molar-refractivity contribution < 1.29 is 14.3 Å². The van der Waals surface area contributed by atoms with Crippen LogP contribution in [0.15, 0.2) is 36.5 Å². The smallest absolute Gasteiger partial charge is 0.272 e. The van der Waals surface area contributed by atoms with E-state index in [4.69, 9.17) is 4.74 Å². The highest BCUT2D eigenvalue weighted by Gasteiger charge is 2.14. The maximum atomic E-state index is 12.1. The second kappa shape index (κ2) is 6.89. The summed E-state index contributed by atoms with van der Waals surface area (Å²) < 4.78 is 6.72. The number of carbonyl (C=O) groups excluding carboxylic acids is 2. The molecule has 1 aromatic carbocycles. The Hall–Kier alpha value is -2.63. The molecule has 1 unspecified atom stereocenters. The maximum absolute atomic E-state index is 12.1. The van der Waals surface area contributed by atoms with Gasteiger partial charge in [0.15, 0.2) is 5.69 Å². The number of hydrogen-bond acceptors (Lipinski definition) is 4. The Bertz CT molecular complexity index is 662. The van der Waals surface area contributed by atoms with E-state index in [1.54, 1.807) is 31.0 Å². The van der Waals surface area contributed by atoms with Crippen molar-refractivity contribution >= 4 is 11.7 Å². The average Bonchev–Trinajstić information content (AvgIpc) is 2.96. The quantitative estimate of drug-likeness (QED) is 0.885. The molecule has 0 spiro atoms. The van der Waals surface area contributed by atoms with Crippen LogP contribution in [0.3, 0.4) is 0 Å². The predicted molar refractivity (Wildman–Crippen MR) is 82.3 cm³/mol. The number of ether oxygens (including phenoxy) is 1. The van der Waals surface area contributed by atoms with Crippen LogP contribution in [0.4, 0.5) is 0 Å².